The van der Waals surface area contributed by atoms with Crippen LogP contribution in [0.15, 0.2) is 46.3 Å². The second kappa shape index (κ2) is 11.9. The van der Waals surface area contributed by atoms with Crippen molar-refractivity contribution in [3.63, 3.8) is 0 Å². The number of aryl methyl sites for hydroxylation is 1. The number of aliphatic imine (C=N–C) groups is 1. The molecule has 1 saturated carbocycles. The minimum Gasteiger partial charge on any atom is -0.496 e. The lowest BCUT2D eigenvalue weighted by molar-refractivity contribution is 0.360. The predicted octanol–water partition coefficient (Wildman–Crippen LogP) is 3.36. The van der Waals surface area contributed by atoms with Gasteiger partial charge in [-0.1, -0.05) is 25.1 Å². The highest BCUT2D eigenvalue weighted by molar-refractivity contribution is 7.92. The third-order valence-corrected chi connectivity index (χ3v) is 9.14. The number of sulfonamides is 1. The molecule has 2 heterocycles. The highest BCUT2D eigenvalue weighted by atomic mass is 32.2. The fourth-order valence-corrected chi connectivity index (χ4v) is 6.18. The molecule has 3 aliphatic rings. The van der Waals surface area contributed by atoms with Gasteiger partial charge in [-0.3, -0.25) is 9.89 Å². The van der Waals surface area contributed by atoms with E-state index in [2.05, 4.69) is 10.2 Å². The molecule has 0 spiro atoms. The second-order valence-corrected chi connectivity index (χ2v) is 12.2. The first-order chi connectivity index (χ1) is 18.1. The van der Waals surface area contributed by atoms with Crippen LogP contribution in [0.25, 0.3) is 0 Å². The van der Waals surface area contributed by atoms with E-state index in [9.17, 15) is 8.42 Å². The average molecular weight is 541 g/mol. The Morgan fingerprint density at radius 2 is 2.08 bits per heavy atom. The van der Waals surface area contributed by atoms with Gasteiger partial charge >= 0.3 is 0 Å². The number of nitrogens with one attached hydrogen (secondary N) is 3. The molecule has 2 atom stereocenters. The summed E-state index contributed by atoms with van der Waals surface area (Å²) >= 11 is 0. The lowest BCUT2D eigenvalue weighted by atomic mass is 9.89. The highest BCUT2D eigenvalue weighted by Gasteiger charge is 2.34. The van der Waals surface area contributed by atoms with Gasteiger partial charge < -0.3 is 20.9 Å². The molecule has 38 heavy (non-hydrogen) atoms. The van der Waals surface area contributed by atoms with Crippen LogP contribution in [0.1, 0.15) is 43.7 Å². The molecule has 4 rings (SSSR count). The fourth-order valence-electron chi connectivity index (χ4n) is 4.93. The zero-order valence-corrected chi connectivity index (χ0v) is 23.6. The number of allylic oxidation sites excluding steroid dienone is 1. The number of likely N-dealkylation sites (N-methyl/N-ethyl adjacent to an activating group) is 1. The molecule has 0 amide bonds. The molecular formula is C28H40N6O3S. The molecule has 10 heteroatoms. The predicted molar refractivity (Wildman–Crippen MR) is 153 cm³/mol. The Labute approximate surface area is 226 Å². The van der Waals surface area contributed by atoms with Crippen molar-refractivity contribution in [3.8, 4) is 5.75 Å². The summed E-state index contributed by atoms with van der Waals surface area (Å²) in [7, 11) is 0.116. The number of hydrogen-bond acceptors (Lipinski definition) is 8. The van der Waals surface area contributed by atoms with E-state index in [1.54, 1.807) is 13.2 Å². The monoisotopic (exact) mass is 540 g/mol. The van der Waals surface area contributed by atoms with Gasteiger partial charge in [0, 0.05) is 48.4 Å². The Balaban J connectivity index is 1.49. The van der Waals surface area contributed by atoms with Crippen molar-refractivity contribution < 1.29 is 13.2 Å². The van der Waals surface area contributed by atoms with Gasteiger partial charge in [-0.15, -0.1) is 0 Å². The van der Waals surface area contributed by atoms with Gasteiger partial charge in [0.2, 0.25) is 10.0 Å². The molecule has 1 aromatic rings. The van der Waals surface area contributed by atoms with Gasteiger partial charge in [0.05, 0.1) is 25.3 Å². The molecule has 0 aromatic heterocycles. The highest BCUT2D eigenvalue weighted by Crippen LogP contribution is 2.26. The molecule has 0 radical (unpaired) electrons. The van der Waals surface area contributed by atoms with Crippen molar-refractivity contribution in [3.05, 3.63) is 52.5 Å². The van der Waals surface area contributed by atoms with Gasteiger partial charge in [0.1, 0.15) is 11.6 Å². The van der Waals surface area contributed by atoms with Crippen molar-refractivity contribution in [2.75, 3.05) is 40.3 Å². The van der Waals surface area contributed by atoms with E-state index in [4.69, 9.17) is 20.5 Å². The molecule has 1 aromatic carbocycles. The first-order valence-corrected chi connectivity index (χ1v) is 14.8. The molecule has 1 aliphatic carbocycles. The smallest absolute Gasteiger partial charge is 0.236 e. The van der Waals surface area contributed by atoms with Crippen molar-refractivity contribution in [1.82, 2.24) is 14.5 Å². The maximum Gasteiger partial charge on any atom is 0.236 e. The van der Waals surface area contributed by atoms with Gasteiger partial charge in [0.15, 0.2) is 0 Å². The Kier molecular flexibility index (Phi) is 8.85. The van der Waals surface area contributed by atoms with Crippen molar-refractivity contribution in [2.45, 2.75) is 51.6 Å². The average Bonchev–Trinajstić information content (AvgIpc) is 3.66. The Hall–Kier alpha value is -2.82. The number of rotatable bonds is 10. The molecule has 2 unspecified atom stereocenters. The SMILES string of the molecule is CCC1=CC(=N)C(C(=N)c2ccc(C)c(OC)c2)C(NC2CCN(S(=O)(=O)C=CCN(C)C3CC3)C2)=NC1. The van der Waals surface area contributed by atoms with E-state index < -0.39 is 15.9 Å². The summed E-state index contributed by atoms with van der Waals surface area (Å²) in [6, 6.07) is 6.05. The Bertz CT molecular complexity index is 1270. The summed E-state index contributed by atoms with van der Waals surface area (Å²) in [5.41, 5.74) is 3.24. The van der Waals surface area contributed by atoms with Crippen LogP contribution >= 0.6 is 0 Å². The van der Waals surface area contributed by atoms with Gasteiger partial charge in [-0.2, -0.15) is 4.31 Å². The largest absolute Gasteiger partial charge is 0.496 e. The molecule has 2 fully saturated rings. The van der Waals surface area contributed by atoms with E-state index in [1.807, 2.05) is 45.2 Å². The molecule has 0 bridgehead atoms. The van der Waals surface area contributed by atoms with E-state index in [0.29, 0.717) is 61.5 Å². The van der Waals surface area contributed by atoms with Crippen LogP contribution in [0.4, 0.5) is 0 Å². The summed E-state index contributed by atoms with van der Waals surface area (Å²) in [5, 5.41) is 22.6. The summed E-state index contributed by atoms with van der Waals surface area (Å²) in [5.74, 6) is 0.566. The minimum atomic E-state index is -3.51. The van der Waals surface area contributed by atoms with E-state index in [0.717, 1.165) is 17.6 Å². The fraction of sp³-hybridized carbons (Fsp3) is 0.536. The second-order valence-electron chi connectivity index (χ2n) is 10.4. The minimum absolute atomic E-state index is 0.148. The van der Waals surface area contributed by atoms with E-state index >= 15 is 0 Å². The summed E-state index contributed by atoms with van der Waals surface area (Å²) in [6.07, 6.45) is 7.34. The first-order valence-electron chi connectivity index (χ1n) is 13.3. The topological polar surface area (TPSA) is 122 Å². The standard InChI is InChI=1S/C28H40N6O3S/c1-5-20-15-24(29)26(27(30)21-8-7-19(2)25(16-21)37-4)28(31-17-20)32-22-11-13-34(18-22)38(35,36)14-6-12-33(3)23-9-10-23/h6-8,14-16,22-23,26,29-30H,5,9-13,17-18H2,1-4H3,(H,31,32). The van der Waals surface area contributed by atoms with Crippen LogP contribution in [0.3, 0.4) is 0 Å². The molecule has 2 aliphatic heterocycles. The maximum atomic E-state index is 12.9. The summed E-state index contributed by atoms with van der Waals surface area (Å²) in [4.78, 5) is 6.97. The van der Waals surface area contributed by atoms with Gasteiger partial charge in [0.25, 0.3) is 0 Å². The van der Waals surface area contributed by atoms with Crippen LogP contribution in [-0.4, -0.2) is 87.3 Å². The van der Waals surface area contributed by atoms with Crippen LogP contribution in [0.2, 0.25) is 0 Å². The van der Waals surface area contributed by atoms with E-state index in [-0.39, 0.29) is 11.8 Å². The Morgan fingerprint density at radius 3 is 2.76 bits per heavy atom. The van der Waals surface area contributed by atoms with Gasteiger partial charge in [-0.05, 0) is 62.9 Å². The summed E-state index contributed by atoms with van der Waals surface area (Å²) in [6.45, 7) is 5.80. The Morgan fingerprint density at radius 1 is 1.32 bits per heavy atom. The molecule has 9 nitrogen and oxygen atoms in total. The zero-order valence-electron chi connectivity index (χ0n) is 22.8. The number of methoxy groups -OCH3 is 1. The zero-order chi connectivity index (χ0) is 27.4. The maximum absolute atomic E-state index is 12.9. The lowest BCUT2D eigenvalue weighted by Gasteiger charge is -2.24. The molecular weight excluding hydrogens is 500 g/mol. The van der Waals surface area contributed by atoms with Crippen LogP contribution < -0.4 is 10.1 Å². The quantitative estimate of drug-likeness (QED) is 0.393. The normalized spacial score (nSPS) is 22.9. The third-order valence-electron chi connectivity index (χ3n) is 7.55. The van der Waals surface area contributed by atoms with Crippen molar-refractivity contribution in [1.29, 1.82) is 10.8 Å². The van der Waals surface area contributed by atoms with Crippen LogP contribution in [-0.2, 0) is 10.0 Å². The van der Waals surface area contributed by atoms with E-state index in [1.165, 1.54) is 22.6 Å². The molecule has 3 N–H and O–H groups in total. The number of benzene rings is 1. The number of ether oxygens (including phenoxy) is 1. The number of nitrogens with zero attached hydrogens (tertiary/aromatic N) is 3. The van der Waals surface area contributed by atoms with Crippen molar-refractivity contribution >= 4 is 27.3 Å². The molecule has 1 saturated heterocycles. The summed E-state index contributed by atoms with van der Waals surface area (Å²) < 4.78 is 32.9. The van der Waals surface area contributed by atoms with Gasteiger partial charge in [-0.25, -0.2) is 8.42 Å². The van der Waals surface area contributed by atoms with Crippen LogP contribution in [0.5, 0.6) is 5.75 Å². The number of hydrogen-bond donors (Lipinski definition) is 3. The number of amidine groups is 1. The first kappa shape index (κ1) is 28.2. The molecule has 206 valence electrons. The van der Waals surface area contributed by atoms with Crippen LogP contribution in [0, 0.1) is 23.7 Å². The lowest BCUT2D eigenvalue weighted by Crippen LogP contribution is -2.45. The van der Waals surface area contributed by atoms with Crippen molar-refractivity contribution in [2.24, 2.45) is 10.9 Å². The third kappa shape index (κ3) is 6.59.